The van der Waals surface area contributed by atoms with Crippen molar-refractivity contribution in [2.45, 2.75) is 44.3 Å². The van der Waals surface area contributed by atoms with Crippen LogP contribution in [0.5, 0.6) is 0 Å². The summed E-state index contributed by atoms with van der Waals surface area (Å²) in [5.41, 5.74) is 1.23. The van der Waals surface area contributed by atoms with Gasteiger partial charge >= 0.3 is 0 Å². The number of rotatable bonds is 6. The van der Waals surface area contributed by atoms with E-state index >= 15 is 0 Å². The lowest BCUT2D eigenvalue weighted by Gasteiger charge is -2.30. The normalized spacial score (nSPS) is 23.6. The molecule has 0 aliphatic heterocycles. The lowest BCUT2D eigenvalue weighted by atomic mass is 9.95. The van der Waals surface area contributed by atoms with Gasteiger partial charge in [-0.2, -0.15) is 8.42 Å². The third-order valence-corrected chi connectivity index (χ3v) is 4.10. The van der Waals surface area contributed by atoms with Crippen molar-refractivity contribution >= 4 is 10.1 Å². The summed E-state index contributed by atoms with van der Waals surface area (Å²) in [5, 5.41) is 0. The molecular weight excluding hydrogens is 276 g/mol. The molecule has 1 aliphatic carbocycles. The Bertz CT molecular complexity index is 498. The topological polar surface area (TPSA) is 52.6 Å². The zero-order chi connectivity index (χ0) is 14.4. The number of benzene rings is 1. The molecule has 1 saturated carbocycles. The average molecular weight is 298 g/mol. The summed E-state index contributed by atoms with van der Waals surface area (Å²) in [7, 11) is -3.41. The summed E-state index contributed by atoms with van der Waals surface area (Å²) >= 11 is 0. The van der Waals surface area contributed by atoms with E-state index in [-0.39, 0.29) is 12.2 Å². The molecule has 0 bridgehead atoms. The van der Waals surface area contributed by atoms with E-state index in [1.807, 2.05) is 18.2 Å². The van der Waals surface area contributed by atoms with Crippen LogP contribution in [0.25, 0.3) is 0 Å². The van der Waals surface area contributed by atoms with Crippen molar-refractivity contribution in [3.8, 4) is 0 Å². The van der Waals surface area contributed by atoms with Crippen LogP contribution in [0.1, 0.15) is 31.2 Å². The first-order valence-corrected chi connectivity index (χ1v) is 8.90. The highest BCUT2D eigenvalue weighted by atomic mass is 32.2. The lowest BCUT2D eigenvalue weighted by molar-refractivity contribution is -0.0437. The van der Waals surface area contributed by atoms with E-state index < -0.39 is 10.1 Å². The van der Waals surface area contributed by atoms with E-state index in [1.54, 1.807) is 0 Å². The van der Waals surface area contributed by atoms with Crippen LogP contribution in [0.15, 0.2) is 30.3 Å². The van der Waals surface area contributed by atoms with Crippen LogP contribution < -0.4 is 0 Å². The fourth-order valence-corrected chi connectivity index (χ4v) is 3.23. The third kappa shape index (κ3) is 5.23. The Morgan fingerprint density at radius 2 is 1.75 bits per heavy atom. The van der Waals surface area contributed by atoms with Gasteiger partial charge in [-0.05, 0) is 24.8 Å². The Morgan fingerprint density at radius 1 is 1.10 bits per heavy atom. The summed E-state index contributed by atoms with van der Waals surface area (Å²) in [6.45, 7) is 0.596. The zero-order valence-electron chi connectivity index (χ0n) is 11.8. The van der Waals surface area contributed by atoms with Gasteiger partial charge in [0.1, 0.15) is 6.10 Å². The molecule has 1 aliphatic rings. The highest BCUT2D eigenvalue weighted by Gasteiger charge is 2.29. The van der Waals surface area contributed by atoms with Crippen LogP contribution in [-0.2, 0) is 25.5 Å². The molecule has 112 valence electrons. The van der Waals surface area contributed by atoms with E-state index in [4.69, 9.17) is 8.92 Å². The molecule has 2 atom stereocenters. The molecule has 20 heavy (non-hydrogen) atoms. The lowest BCUT2D eigenvalue weighted by Crippen LogP contribution is -2.36. The van der Waals surface area contributed by atoms with Gasteiger partial charge in [-0.15, -0.1) is 0 Å². The minimum absolute atomic E-state index is 0.109. The van der Waals surface area contributed by atoms with Crippen molar-refractivity contribution in [3.05, 3.63) is 35.9 Å². The maximum atomic E-state index is 11.3. The van der Waals surface area contributed by atoms with Crippen molar-refractivity contribution < 1.29 is 17.3 Å². The molecule has 1 aromatic rings. The van der Waals surface area contributed by atoms with Gasteiger partial charge in [-0.1, -0.05) is 43.2 Å². The van der Waals surface area contributed by atoms with Crippen molar-refractivity contribution in [3.63, 3.8) is 0 Å². The number of ether oxygens (including phenoxy) is 1. The molecule has 0 unspecified atom stereocenters. The Labute approximate surface area is 121 Å². The smallest absolute Gasteiger partial charge is 0.264 e. The summed E-state index contributed by atoms with van der Waals surface area (Å²) in [4.78, 5) is 0. The second-order valence-corrected chi connectivity index (χ2v) is 6.87. The van der Waals surface area contributed by atoms with Crippen molar-refractivity contribution in [2.24, 2.45) is 0 Å². The molecule has 0 aromatic heterocycles. The molecule has 0 spiro atoms. The van der Waals surface area contributed by atoms with Gasteiger partial charge in [0, 0.05) is 0 Å². The van der Waals surface area contributed by atoms with Crippen LogP contribution >= 0.6 is 0 Å². The Kier molecular flexibility index (Phi) is 5.57. The van der Waals surface area contributed by atoms with Crippen LogP contribution in [0, 0.1) is 0 Å². The molecule has 4 nitrogen and oxygen atoms in total. The molecule has 0 amide bonds. The van der Waals surface area contributed by atoms with Gasteiger partial charge in [-0.25, -0.2) is 0 Å². The van der Waals surface area contributed by atoms with Gasteiger partial charge in [0.05, 0.1) is 19.0 Å². The summed E-state index contributed by atoms with van der Waals surface area (Å²) in [6, 6.07) is 10.1. The number of hydrogen-bond donors (Lipinski definition) is 0. The average Bonchev–Trinajstić information content (AvgIpc) is 2.40. The Morgan fingerprint density at radius 3 is 2.40 bits per heavy atom. The molecule has 0 N–H and O–H groups in total. The fraction of sp³-hybridized carbons (Fsp3) is 0.600. The SMILES string of the molecule is CS(=O)(=O)O[C@H]1CCCC[C@H]1OCCc1ccccc1. The predicted octanol–water partition coefficient (Wildman–Crippen LogP) is 2.53. The molecule has 0 radical (unpaired) electrons. The van der Waals surface area contributed by atoms with Gasteiger partial charge < -0.3 is 4.74 Å². The van der Waals surface area contributed by atoms with E-state index in [2.05, 4.69) is 12.1 Å². The second kappa shape index (κ2) is 7.20. The highest BCUT2D eigenvalue weighted by Crippen LogP contribution is 2.25. The highest BCUT2D eigenvalue weighted by molar-refractivity contribution is 7.86. The first-order valence-electron chi connectivity index (χ1n) is 7.08. The van der Waals surface area contributed by atoms with Gasteiger partial charge in [0.2, 0.25) is 0 Å². The van der Waals surface area contributed by atoms with E-state index in [0.29, 0.717) is 6.61 Å². The predicted molar refractivity (Wildman–Crippen MR) is 78.1 cm³/mol. The molecule has 5 heteroatoms. The van der Waals surface area contributed by atoms with E-state index in [0.717, 1.165) is 38.4 Å². The van der Waals surface area contributed by atoms with Crippen LogP contribution in [-0.4, -0.2) is 33.5 Å². The molecular formula is C15H22O4S. The zero-order valence-corrected chi connectivity index (χ0v) is 12.6. The quantitative estimate of drug-likeness (QED) is 0.757. The summed E-state index contributed by atoms with van der Waals surface area (Å²) in [5.74, 6) is 0. The van der Waals surface area contributed by atoms with E-state index in [1.165, 1.54) is 5.56 Å². The van der Waals surface area contributed by atoms with E-state index in [9.17, 15) is 8.42 Å². The van der Waals surface area contributed by atoms with Crippen molar-refractivity contribution in [1.29, 1.82) is 0 Å². The fourth-order valence-electron chi connectivity index (χ4n) is 2.56. The molecule has 1 aromatic carbocycles. The van der Waals surface area contributed by atoms with Crippen LogP contribution in [0.4, 0.5) is 0 Å². The summed E-state index contributed by atoms with van der Waals surface area (Å²) in [6.07, 6.45) is 5.19. The van der Waals surface area contributed by atoms with Gasteiger partial charge in [0.15, 0.2) is 0 Å². The Hall–Kier alpha value is -0.910. The minimum Gasteiger partial charge on any atom is -0.375 e. The summed E-state index contributed by atoms with van der Waals surface area (Å²) < 4.78 is 33.5. The molecule has 0 heterocycles. The van der Waals surface area contributed by atoms with Gasteiger partial charge in [-0.3, -0.25) is 4.18 Å². The molecule has 1 fully saturated rings. The second-order valence-electron chi connectivity index (χ2n) is 5.27. The van der Waals surface area contributed by atoms with Crippen LogP contribution in [0.3, 0.4) is 0 Å². The first kappa shape index (κ1) is 15.5. The maximum absolute atomic E-state index is 11.3. The van der Waals surface area contributed by atoms with Gasteiger partial charge in [0.25, 0.3) is 10.1 Å². The number of hydrogen-bond acceptors (Lipinski definition) is 4. The largest absolute Gasteiger partial charge is 0.375 e. The van der Waals surface area contributed by atoms with Crippen molar-refractivity contribution in [2.75, 3.05) is 12.9 Å². The first-order chi connectivity index (χ1) is 9.54. The monoisotopic (exact) mass is 298 g/mol. The minimum atomic E-state index is -3.41. The standard InChI is InChI=1S/C15H22O4S/c1-20(16,17)19-15-10-6-5-9-14(15)18-12-11-13-7-3-2-4-8-13/h2-4,7-8,14-15H,5-6,9-12H2,1H3/t14-,15+/m1/s1. The maximum Gasteiger partial charge on any atom is 0.264 e. The molecule has 0 saturated heterocycles. The molecule has 2 rings (SSSR count). The van der Waals surface area contributed by atoms with Crippen molar-refractivity contribution in [1.82, 2.24) is 0 Å². The Balaban J connectivity index is 1.83. The van der Waals surface area contributed by atoms with Crippen LogP contribution in [0.2, 0.25) is 0 Å². The third-order valence-electron chi connectivity index (χ3n) is 3.51.